The van der Waals surface area contributed by atoms with Crippen LogP contribution in [0.25, 0.3) is 11.0 Å². The molecule has 5 nitrogen and oxygen atoms in total. The summed E-state index contributed by atoms with van der Waals surface area (Å²) in [5, 5.41) is 3.48. The van der Waals surface area contributed by atoms with E-state index in [1.165, 1.54) is 25.7 Å². The van der Waals surface area contributed by atoms with Crippen LogP contribution in [0.4, 0.5) is 5.95 Å². The molecule has 2 heterocycles. The minimum Gasteiger partial charge on any atom is -0.399 e. The molecule has 0 bridgehead atoms. The maximum Gasteiger partial charge on any atom is 0.495 e. The summed E-state index contributed by atoms with van der Waals surface area (Å²) in [5.41, 5.74) is 3.56. The van der Waals surface area contributed by atoms with Crippen molar-refractivity contribution in [2.24, 2.45) is 5.92 Å². The van der Waals surface area contributed by atoms with Crippen LogP contribution in [0.3, 0.4) is 0 Å². The molecule has 4 rings (SSSR count). The van der Waals surface area contributed by atoms with Crippen molar-refractivity contribution in [3.63, 3.8) is 0 Å². The van der Waals surface area contributed by atoms with Gasteiger partial charge in [0.1, 0.15) is 0 Å². The number of H-pyrrole nitrogens is 1. The number of rotatable bonds is 4. The van der Waals surface area contributed by atoms with Gasteiger partial charge in [-0.2, -0.15) is 0 Å². The van der Waals surface area contributed by atoms with Gasteiger partial charge in [0, 0.05) is 6.54 Å². The predicted octanol–water partition coefficient (Wildman–Crippen LogP) is 3.77. The molecule has 140 valence electrons. The molecule has 0 spiro atoms. The zero-order valence-corrected chi connectivity index (χ0v) is 16.6. The van der Waals surface area contributed by atoms with E-state index in [9.17, 15) is 0 Å². The Morgan fingerprint density at radius 1 is 1.15 bits per heavy atom. The average molecular weight is 355 g/mol. The van der Waals surface area contributed by atoms with E-state index in [2.05, 4.69) is 57.1 Å². The third kappa shape index (κ3) is 3.14. The summed E-state index contributed by atoms with van der Waals surface area (Å²) in [6.07, 6.45) is 5.39. The number of hydrogen-bond donors (Lipinski definition) is 2. The number of aryl methyl sites for hydroxylation is 1. The van der Waals surface area contributed by atoms with Gasteiger partial charge in [-0.1, -0.05) is 12.8 Å². The number of aromatic amines is 1. The zero-order chi connectivity index (χ0) is 18.5. The Labute approximate surface area is 156 Å². The molecule has 0 unspecified atom stereocenters. The number of anilines is 1. The second-order valence-electron chi connectivity index (χ2n) is 8.93. The maximum absolute atomic E-state index is 6.23. The Morgan fingerprint density at radius 3 is 2.46 bits per heavy atom. The minimum absolute atomic E-state index is 0.332. The summed E-state index contributed by atoms with van der Waals surface area (Å²) < 4.78 is 12.5. The minimum atomic E-state index is -0.345. The topological polar surface area (TPSA) is 59.2 Å². The van der Waals surface area contributed by atoms with Crippen molar-refractivity contribution >= 4 is 29.6 Å². The van der Waals surface area contributed by atoms with E-state index in [4.69, 9.17) is 14.3 Å². The van der Waals surface area contributed by atoms with Crippen molar-refractivity contribution in [3.8, 4) is 0 Å². The van der Waals surface area contributed by atoms with Gasteiger partial charge in [-0.05, 0) is 76.5 Å². The quantitative estimate of drug-likeness (QED) is 0.820. The normalized spacial score (nSPS) is 22.4. The Morgan fingerprint density at radius 2 is 1.81 bits per heavy atom. The summed E-state index contributed by atoms with van der Waals surface area (Å²) in [4.78, 5) is 8.13. The lowest BCUT2D eigenvalue weighted by Gasteiger charge is -2.32. The van der Waals surface area contributed by atoms with Gasteiger partial charge in [0.25, 0.3) is 0 Å². The van der Waals surface area contributed by atoms with E-state index in [0.29, 0.717) is 0 Å². The Balaban J connectivity index is 1.56. The number of nitrogens with zero attached hydrogens (tertiary/aromatic N) is 1. The molecular formula is C20H30BN3O2. The van der Waals surface area contributed by atoms with Gasteiger partial charge < -0.3 is 19.6 Å². The summed E-state index contributed by atoms with van der Waals surface area (Å²) >= 11 is 0. The molecule has 2 aliphatic rings. The average Bonchev–Trinajstić information content (AvgIpc) is 3.23. The van der Waals surface area contributed by atoms with E-state index in [1.54, 1.807) is 0 Å². The third-order valence-corrected chi connectivity index (χ3v) is 6.41. The summed E-state index contributed by atoms with van der Waals surface area (Å²) in [6, 6.07) is 4.24. The zero-order valence-electron chi connectivity index (χ0n) is 16.6. The second-order valence-corrected chi connectivity index (χ2v) is 8.93. The second kappa shape index (κ2) is 6.27. The molecule has 2 fully saturated rings. The summed E-state index contributed by atoms with van der Waals surface area (Å²) in [6.45, 7) is 11.4. The number of nitrogens with one attached hydrogen (secondary N) is 2. The van der Waals surface area contributed by atoms with E-state index < -0.39 is 0 Å². The molecular weight excluding hydrogens is 325 g/mol. The fourth-order valence-electron chi connectivity index (χ4n) is 3.94. The van der Waals surface area contributed by atoms with Crippen molar-refractivity contribution in [2.45, 2.75) is 71.5 Å². The molecule has 1 aromatic carbocycles. The molecule has 2 aromatic rings. The predicted molar refractivity (Wildman–Crippen MR) is 107 cm³/mol. The van der Waals surface area contributed by atoms with Crippen molar-refractivity contribution in [3.05, 3.63) is 17.7 Å². The van der Waals surface area contributed by atoms with Crippen LogP contribution in [0.5, 0.6) is 0 Å². The highest BCUT2D eigenvalue weighted by atomic mass is 16.7. The smallest absolute Gasteiger partial charge is 0.399 e. The van der Waals surface area contributed by atoms with Crippen LogP contribution in [-0.2, 0) is 9.31 Å². The number of hydrogen-bond acceptors (Lipinski definition) is 4. The van der Waals surface area contributed by atoms with Crippen LogP contribution in [-0.4, -0.2) is 34.8 Å². The maximum atomic E-state index is 6.23. The molecule has 2 N–H and O–H groups in total. The van der Waals surface area contributed by atoms with Crippen LogP contribution >= 0.6 is 0 Å². The monoisotopic (exact) mass is 355 g/mol. The van der Waals surface area contributed by atoms with Gasteiger partial charge in [0.15, 0.2) is 0 Å². The van der Waals surface area contributed by atoms with Gasteiger partial charge in [0.05, 0.1) is 22.2 Å². The molecule has 1 saturated carbocycles. The first-order chi connectivity index (χ1) is 12.2. The number of benzene rings is 1. The Kier molecular flexibility index (Phi) is 4.31. The lowest BCUT2D eigenvalue weighted by Crippen LogP contribution is -2.41. The number of fused-ring (bicyclic) bond motifs is 1. The van der Waals surface area contributed by atoms with Crippen LogP contribution in [0.2, 0.25) is 0 Å². The Hall–Kier alpha value is -1.53. The van der Waals surface area contributed by atoms with E-state index >= 15 is 0 Å². The van der Waals surface area contributed by atoms with Crippen LogP contribution in [0.1, 0.15) is 58.9 Å². The van der Waals surface area contributed by atoms with Gasteiger partial charge in [0.2, 0.25) is 5.95 Å². The lowest BCUT2D eigenvalue weighted by molar-refractivity contribution is 0.00578. The highest BCUT2D eigenvalue weighted by Crippen LogP contribution is 2.37. The Bertz CT molecular complexity index is 793. The SMILES string of the molecule is Cc1cc2nc(NCC3CCCC3)[nH]c2cc1B1OC(C)(C)C(C)(C)O1. The first-order valence-electron chi connectivity index (χ1n) is 9.85. The largest absolute Gasteiger partial charge is 0.495 e. The highest BCUT2D eigenvalue weighted by Gasteiger charge is 2.52. The van der Waals surface area contributed by atoms with Crippen LogP contribution in [0.15, 0.2) is 12.1 Å². The van der Waals surface area contributed by atoms with E-state index in [1.807, 2.05) is 0 Å². The van der Waals surface area contributed by atoms with Crippen LogP contribution in [0, 0.1) is 12.8 Å². The van der Waals surface area contributed by atoms with E-state index in [0.717, 1.165) is 40.5 Å². The molecule has 0 radical (unpaired) electrons. The molecule has 1 aliphatic heterocycles. The summed E-state index contributed by atoms with van der Waals surface area (Å²) in [7, 11) is -0.345. The molecule has 1 saturated heterocycles. The molecule has 26 heavy (non-hydrogen) atoms. The molecule has 0 atom stereocenters. The van der Waals surface area contributed by atoms with Crippen molar-refractivity contribution in [1.82, 2.24) is 9.97 Å². The summed E-state index contributed by atoms with van der Waals surface area (Å²) in [5.74, 6) is 1.64. The molecule has 6 heteroatoms. The third-order valence-electron chi connectivity index (χ3n) is 6.41. The standard InChI is InChI=1S/C20H30BN3O2/c1-13-10-16-17(24-18(23-16)22-12-14-8-6-7-9-14)11-15(13)21-25-19(2,3)20(4,5)26-21/h10-11,14H,6-9,12H2,1-5H3,(H2,22,23,24). The highest BCUT2D eigenvalue weighted by molar-refractivity contribution is 6.63. The van der Waals surface area contributed by atoms with Gasteiger partial charge in [-0.3, -0.25) is 0 Å². The number of imidazole rings is 1. The molecule has 1 aliphatic carbocycles. The first kappa shape index (κ1) is 17.9. The molecule has 1 aromatic heterocycles. The van der Waals surface area contributed by atoms with Gasteiger partial charge in [-0.15, -0.1) is 0 Å². The van der Waals surface area contributed by atoms with Crippen LogP contribution < -0.4 is 10.8 Å². The van der Waals surface area contributed by atoms with Gasteiger partial charge >= 0.3 is 7.12 Å². The van der Waals surface area contributed by atoms with Gasteiger partial charge in [-0.25, -0.2) is 4.98 Å². The number of aromatic nitrogens is 2. The first-order valence-corrected chi connectivity index (χ1v) is 9.85. The van der Waals surface area contributed by atoms with Crippen molar-refractivity contribution < 1.29 is 9.31 Å². The molecule has 0 amide bonds. The van der Waals surface area contributed by atoms with Crippen molar-refractivity contribution in [2.75, 3.05) is 11.9 Å². The fraction of sp³-hybridized carbons (Fsp3) is 0.650. The van der Waals surface area contributed by atoms with Crippen molar-refractivity contribution in [1.29, 1.82) is 0 Å². The lowest BCUT2D eigenvalue weighted by atomic mass is 9.76. The van der Waals surface area contributed by atoms with E-state index in [-0.39, 0.29) is 18.3 Å². The fourth-order valence-corrected chi connectivity index (χ4v) is 3.94.